The molecule has 2 N–H and O–H groups in total. The molecule has 0 aliphatic heterocycles. The van der Waals surface area contributed by atoms with Crippen LogP contribution >= 0.6 is 0 Å². The summed E-state index contributed by atoms with van der Waals surface area (Å²) in [6, 6.07) is 14.6. The van der Waals surface area contributed by atoms with Gasteiger partial charge in [0.15, 0.2) is 0 Å². The first kappa shape index (κ1) is 18.5. The van der Waals surface area contributed by atoms with Gasteiger partial charge in [0.25, 0.3) is 5.91 Å². The van der Waals surface area contributed by atoms with Crippen LogP contribution in [0.2, 0.25) is 0 Å². The summed E-state index contributed by atoms with van der Waals surface area (Å²) in [4.78, 5) is 23.5. The van der Waals surface area contributed by atoms with Crippen molar-refractivity contribution >= 4 is 23.6 Å². The van der Waals surface area contributed by atoms with Crippen molar-refractivity contribution in [3.8, 4) is 11.8 Å². The second-order valence-corrected chi connectivity index (χ2v) is 5.14. The minimum absolute atomic E-state index is 0.0538. The summed E-state index contributed by atoms with van der Waals surface area (Å²) in [5.41, 5.74) is 0.556. The summed E-state index contributed by atoms with van der Waals surface area (Å²) >= 11 is 0. The second kappa shape index (κ2) is 8.85. The highest BCUT2D eigenvalue weighted by Crippen LogP contribution is 2.18. The van der Waals surface area contributed by atoms with Crippen LogP contribution in [-0.4, -0.2) is 23.6 Å². The summed E-state index contributed by atoms with van der Waals surface area (Å²) in [7, 11) is 0. The van der Waals surface area contributed by atoms with Crippen LogP contribution < -0.4 is 10.1 Å². The molecule has 0 bridgehead atoms. The predicted molar refractivity (Wildman–Crippen MR) is 97.8 cm³/mol. The van der Waals surface area contributed by atoms with Gasteiger partial charge in [-0.3, -0.25) is 4.79 Å². The van der Waals surface area contributed by atoms with Gasteiger partial charge in [0.05, 0.1) is 11.3 Å². The molecular weight excluding hydrogens is 332 g/mol. The van der Waals surface area contributed by atoms with Crippen LogP contribution in [0.15, 0.2) is 66.8 Å². The largest absolute Gasteiger partial charge is 0.490 e. The number of carbonyl (C=O) groups excluding carboxylic acids is 1. The van der Waals surface area contributed by atoms with E-state index in [1.807, 2.05) is 6.07 Å². The highest BCUT2D eigenvalue weighted by molar-refractivity contribution is 6.11. The summed E-state index contributed by atoms with van der Waals surface area (Å²) < 4.78 is 5.36. The number of anilines is 1. The topological polar surface area (TPSA) is 99.4 Å². The SMILES string of the molecule is C=CCOc1ccc(/C=C(\C#N)C(=O)Nc2ccccc2C(=O)O)cc1. The summed E-state index contributed by atoms with van der Waals surface area (Å²) in [5, 5.41) is 20.9. The zero-order valence-corrected chi connectivity index (χ0v) is 13.8. The van der Waals surface area contributed by atoms with Gasteiger partial charge in [-0.15, -0.1) is 0 Å². The fraction of sp³-hybridized carbons (Fsp3) is 0.0500. The Hall–Kier alpha value is -3.85. The molecule has 6 nitrogen and oxygen atoms in total. The number of benzene rings is 2. The highest BCUT2D eigenvalue weighted by atomic mass is 16.5. The molecule has 6 heteroatoms. The normalized spacial score (nSPS) is 10.5. The zero-order valence-electron chi connectivity index (χ0n) is 13.8. The first-order valence-corrected chi connectivity index (χ1v) is 7.64. The van der Waals surface area contributed by atoms with Crippen LogP contribution in [0.4, 0.5) is 5.69 Å². The standard InChI is InChI=1S/C20H16N2O4/c1-2-11-26-16-9-7-14(8-10-16)12-15(13-21)19(23)22-18-6-4-3-5-17(18)20(24)25/h2-10,12H,1,11H2,(H,22,23)(H,24,25)/b15-12+. The third-order valence-corrected chi connectivity index (χ3v) is 3.33. The van der Waals surface area contributed by atoms with E-state index in [0.29, 0.717) is 17.9 Å². The van der Waals surface area contributed by atoms with Crippen LogP contribution in [0.3, 0.4) is 0 Å². The molecule has 0 aromatic heterocycles. The Morgan fingerprint density at radius 1 is 1.19 bits per heavy atom. The minimum Gasteiger partial charge on any atom is -0.490 e. The van der Waals surface area contributed by atoms with E-state index in [4.69, 9.17) is 9.84 Å². The van der Waals surface area contributed by atoms with E-state index in [1.54, 1.807) is 42.5 Å². The van der Waals surface area contributed by atoms with Crippen LogP contribution in [0.1, 0.15) is 15.9 Å². The zero-order chi connectivity index (χ0) is 18.9. The third kappa shape index (κ3) is 4.82. The molecule has 2 aromatic carbocycles. The van der Waals surface area contributed by atoms with Gasteiger partial charge in [0.2, 0.25) is 0 Å². The molecule has 0 aliphatic carbocycles. The number of aromatic carboxylic acids is 1. The van der Waals surface area contributed by atoms with Crippen LogP contribution in [0, 0.1) is 11.3 Å². The van der Waals surface area contributed by atoms with E-state index in [0.717, 1.165) is 0 Å². The molecule has 0 spiro atoms. The lowest BCUT2D eigenvalue weighted by atomic mass is 10.1. The van der Waals surface area contributed by atoms with E-state index in [9.17, 15) is 14.9 Å². The number of nitrogens with zero attached hydrogens (tertiary/aromatic N) is 1. The molecule has 0 saturated heterocycles. The van der Waals surface area contributed by atoms with Crippen molar-refractivity contribution in [1.29, 1.82) is 5.26 Å². The Labute approximate surface area is 150 Å². The Bertz CT molecular complexity index is 893. The fourth-order valence-corrected chi connectivity index (χ4v) is 2.10. The van der Waals surface area contributed by atoms with Gasteiger partial charge >= 0.3 is 5.97 Å². The molecule has 26 heavy (non-hydrogen) atoms. The Morgan fingerprint density at radius 3 is 2.50 bits per heavy atom. The predicted octanol–water partition coefficient (Wildman–Crippen LogP) is 3.50. The van der Waals surface area contributed by atoms with Gasteiger partial charge in [0.1, 0.15) is 24.0 Å². The summed E-state index contributed by atoms with van der Waals surface area (Å²) in [6.45, 7) is 3.94. The molecule has 130 valence electrons. The van der Waals surface area contributed by atoms with Crippen molar-refractivity contribution < 1.29 is 19.4 Å². The average Bonchev–Trinajstić information content (AvgIpc) is 2.65. The van der Waals surface area contributed by atoms with Gasteiger partial charge in [-0.25, -0.2) is 4.79 Å². The average molecular weight is 348 g/mol. The number of rotatable bonds is 7. The van der Waals surface area contributed by atoms with E-state index in [-0.39, 0.29) is 16.8 Å². The van der Waals surface area contributed by atoms with Crippen molar-refractivity contribution in [2.45, 2.75) is 0 Å². The quantitative estimate of drug-likeness (QED) is 0.453. The molecule has 0 atom stereocenters. The molecule has 2 rings (SSSR count). The molecule has 0 unspecified atom stereocenters. The number of carboxylic acids is 1. The molecule has 0 heterocycles. The van der Waals surface area contributed by atoms with Crippen molar-refractivity contribution in [1.82, 2.24) is 0 Å². The maximum absolute atomic E-state index is 12.3. The number of carbonyl (C=O) groups is 2. The summed E-state index contributed by atoms with van der Waals surface area (Å²) in [6.07, 6.45) is 3.04. The maximum Gasteiger partial charge on any atom is 0.337 e. The van der Waals surface area contributed by atoms with Crippen molar-refractivity contribution in [2.24, 2.45) is 0 Å². The first-order chi connectivity index (χ1) is 12.5. The summed E-state index contributed by atoms with van der Waals surface area (Å²) in [5.74, 6) is -1.22. The number of nitriles is 1. The minimum atomic E-state index is -1.17. The number of para-hydroxylation sites is 1. The number of carboxylic acid groups (broad SMARTS) is 1. The molecule has 0 saturated carbocycles. The van der Waals surface area contributed by atoms with E-state index < -0.39 is 11.9 Å². The van der Waals surface area contributed by atoms with Crippen molar-refractivity contribution in [3.05, 3.63) is 77.9 Å². The molecule has 2 aromatic rings. The van der Waals surface area contributed by atoms with Crippen molar-refractivity contribution in [2.75, 3.05) is 11.9 Å². The Morgan fingerprint density at radius 2 is 1.88 bits per heavy atom. The van der Waals surface area contributed by atoms with Gasteiger partial charge in [0, 0.05) is 0 Å². The van der Waals surface area contributed by atoms with Gasteiger partial charge < -0.3 is 15.2 Å². The lowest BCUT2D eigenvalue weighted by Crippen LogP contribution is -2.16. The second-order valence-electron chi connectivity index (χ2n) is 5.14. The fourth-order valence-electron chi connectivity index (χ4n) is 2.10. The first-order valence-electron chi connectivity index (χ1n) is 7.64. The van der Waals surface area contributed by atoms with Crippen molar-refractivity contribution in [3.63, 3.8) is 0 Å². The Kier molecular flexibility index (Phi) is 6.29. The lowest BCUT2D eigenvalue weighted by molar-refractivity contribution is -0.112. The molecule has 0 aliphatic rings. The molecule has 0 fully saturated rings. The van der Waals surface area contributed by atoms with Crippen LogP contribution in [0.5, 0.6) is 5.75 Å². The van der Waals surface area contributed by atoms with Gasteiger partial charge in [-0.1, -0.05) is 36.9 Å². The van der Waals surface area contributed by atoms with Crippen LogP contribution in [-0.2, 0) is 4.79 Å². The third-order valence-electron chi connectivity index (χ3n) is 3.33. The number of ether oxygens (including phenoxy) is 1. The number of hydrogen-bond donors (Lipinski definition) is 2. The number of hydrogen-bond acceptors (Lipinski definition) is 4. The molecule has 0 radical (unpaired) electrons. The maximum atomic E-state index is 12.3. The lowest BCUT2D eigenvalue weighted by Gasteiger charge is -2.07. The molecular formula is C20H16N2O4. The highest BCUT2D eigenvalue weighted by Gasteiger charge is 2.14. The smallest absolute Gasteiger partial charge is 0.337 e. The van der Waals surface area contributed by atoms with Crippen LogP contribution in [0.25, 0.3) is 6.08 Å². The number of nitrogens with one attached hydrogen (secondary N) is 1. The Balaban J connectivity index is 2.18. The van der Waals surface area contributed by atoms with Gasteiger partial charge in [-0.2, -0.15) is 5.26 Å². The monoisotopic (exact) mass is 348 g/mol. The van der Waals surface area contributed by atoms with Gasteiger partial charge in [-0.05, 0) is 35.9 Å². The number of amides is 1. The van der Waals surface area contributed by atoms with E-state index in [2.05, 4.69) is 11.9 Å². The van der Waals surface area contributed by atoms with E-state index >= 15 is 0 Å². The van der Waals surface area contributed by atoms with E-state index in [1.165, 1.54) is 18.2 Å². The molecule has 1 amide bonds.